The molecule has 0 N–H and O–H groups in total. The van der Waals surface area contributed by atoms with Gasteiger partial charge in [-0.1, -0.05) is 29.5 Å². The van der Waals surface area contributed by atoms with Crippen molar-refractivity contribution in [1.82, 2.24) is 4.57 Å². The molecule has 2 heterocycles. The second-order valence-corrected chi connectivity index (χ2v) is 12.8. The summed E-state index contributed by atoms with van der Waals surface area (Å²) >= 11 is 4.76. The number of hydrogen-bond acceptors (Lipinski definition) is 12. The number of benzene rings is 3. The lowest BCUT2D eigenvalue weighted by Gasteiger charge is -2.25. The number of hydrogen-bond donors (Lipinski definition) is 0. The van der Waals surface area contributed by atoms with Gasteiger partial charge in [0.15, 0.2) is 34.4 Å². The SMILES string of the molecule is CCOC(=O)C1=C(C)N=c2s/c(=C/c3cc(Br)c(OCc4ccc(C#N)cc4)c(OC)c3)c(=O)n2[C@@H]1c1ccc(OCC(=O)OC)c(OCC)c1. The number of carbonyl (C=O) groups is 2. The number of nitrogens with zero attached hydrogens (tertiary/aromatic N) is 3. The molecule has 0 saturated heterocycles. The molecule has 14 heteroatoms. The summed E-state index contributed by atoms with van der Waals surface area (Å²) in [7, 11) is 2.79. The summed E-state index contributed by atoms with van der Waals surface area (Å²) in [5.41, 5.74) is 2.86. The number of methoxy groups -OCH3 is 2. The third-order valence-electron chi connectivity index (χ3n) is 7.69. The normalized spacial score (nSPS) is 13.8. The van der Waals surface area contributed by atoms with Gasteiger partial charge >= 0.3 is 11.9 Å². The summed E-state index contributed by atoms with van der Waals surface area (Å²) in [6.45, 7) is 5.53. The monoisotopic (exact) mass is 775 g/mol. The number of ether oxygens (including phenoxy) is 6. The molecule has 1 atom stereocenters. The minimum absolute atomic E-state index is 0.126. The van der Waals surface area contributed by atoms with Gasteiger partial charge in [0.2, 0.25) is 0 Å². The summed E-state index contributed by atoms with van der Waals surface area (Å²) < 4.78 is 35.7. The quantitative estimate of drug-likeness (QED) is 0.171. The summed E-state index contributed by atoms with van der Waals surface area (Å²) in [5, 5.41) is 9.07. The highest BCUT2D eigenvalue weighted by atomic mass is 79.9. The van der Waals surface area contributed by atoms with E-state index >= 15 is 0 Å². The van der Waals surface area contributed by atoms with Crippen molar-refractivity contribution in [3.8, 4) is 29.1 Å². The zero-order valence-electron chi connectivity index (χ0n) is 28.5. The Morgan fingerprint density at radius 3 is 2.43 bits per heavy atom. The fraction of sp³-hybridized carbons (Fsp3) is 0.270. The van der Waals surface area contributed by atoms with Gasteiger partial charge < -0.3 is 28.4 Å². The molecular formula is C37H34BrN3O9S. The molecule has 1 aliphatic rings. The van der Waals surface area contributed by atoms with E-state index in [1.165, 1.54) is 30.1 Å². The lowest BCUT2D eigenvalue weighted by atomic mass is 9.95. The standard InChI is InChI=1S/C37H34BrN3O9S/c1-6-47-28-17-25(12-13-27(28)49-20-31(42)46-5)33-32(36(44)48-7-2)21(3)40-37-41(33)35(43)30(51-37)16-24-14-26(38)34(29(15-24)45-4)50-19-23-10-8-22(18-39)9-11-23/h8-17,33H,6-7,19-20H2,1-5H3/b30-16+/t33-/m1/s1. The maximum absolute atomic E-state index is 14.2. The Morgan fingerprint density at radius 2 is 1.76 bits per heavy atom. The molecule has 0 fully saturated rings. The van der Waals surface area contributed by atoms with Crippen LogP contribution in [0.25, 0.3) is 6.08 Å². The molecule has 0 saturated carbocycles. The second-order valence-electron chi connectivity index (χ2n) is 10.9. The maximum atomic E-state index is 14.2. The van der Waals surface area contributed by atoms with Gasteiger partial charge in [-0.25, -0.2) is 14.6 Å². The highest BCUT2D eigenvalue weighted by molar-refractivity contribution is 9.10. The van der Waals surface area contributed by atoms with E-state index in [0.29, 0.717) is 65.8 Å². The van der Waals surface area contributed by atoms with Crippen LogP contribution >= 0.6 is 27.3 Å². The van der Waals surface area contributed by atoms with E-state index in [1.807, 2.05) is 18.2 Å². The van der Waals surface area contributed by atoms with Gasteiger partial charge in [-0.3, -0.25) is 9.36 Å². The van der Waals surface area contributed by atoms with Crippen LogP contribution in [0.5, 0.6) is 23.0 Å². The van der Waals surface area contributed by atoms with Crippen molar-refractivity contribution in [2.75, 3.05) is 34.0 Å². The number of carbonyl (C=O) groups excluding carboxylic acids is 2. The third-order valence-corrected chi connectivity index (χ3v) is 9.26. The molecule has 3 aromatic carbocycles. The number of allylic oxidation sites excluding steroid dienone is 1. The second kappa shape index (κ2) is 16.5. The van der Waals surface area contributed by atoms with E-state index < -0.39 is 18.0 Å². The van der Waals surface area contributed by atoms with E-state index in [0.717, 1.165) is 5.56 Å². The van der Waals surface area contributed by atoms with Crippen molar-refractivity contribution in [1.29, 1.82) is 5.26 Å². The number of rotatable bonds is 13. The van der Waals surface area contributed by atoms with Crippen LogP contribution in [0.4, 0.5) is 0 Å². The Labute approximate surface area is 305 Å². The fourth-order valence-corrected chi connectivity index (χ4v) is 6.95. The van der Waals surface area contributed by atoms with Gasteiger partial charge in [0.25, 0.3) is 5.56 Å². The number of halogens is 1. The summed E-state index contributed by atoms with van der Waals surface area (Å²) in [6, 6.07) is 16.8. The maximum Gasteiger partial charge on any atom is 0.343 e. The molecule has 12 nitrogen and oxygen atoms in total. The minimum Gasteiger partial charge on any atom is -0.493 e. The molecule has 1 aromatic heterocycles. The Kier molecular flexibility index (Phi) is 12.0. The van der Waals surface area contributed by atoms with Crippen molar-refractivity contribution in [3.05, 3.63) is 112 Å². The van der Waals surface area contributed by atoms with E-state index in [9.17, 15) is 14.4 Å². The first kappa shape index (κ1) is 36.9. The Bertz CT molecular complexity index is 2220. The van der Waals surface area contributed by atoms with Crippen molar-refractivity contribution in [3.63, 3.8) is 0 Å². The molecule has 0 aliphatic carbocycles. The zero-order valence-corrected chi connectivity index (χ0v) is 30.9. The van der Waals surface area contributed by atoms with Crippen LogP contribution in [0, 0.1) is 11.3 Å². The molecule has 264 valence electrons. The number of thiazole rings is 1. The van der Waals surface area contributed by atoms with Crippen molar-refractivity contribution in [2.45, 2.75) is 33.4 Å². The summed E-state index contributed by atoms with van der Waals surface area (Å²) in [5.74, 6) is 0.351. The first-order chi connectivity index (χ1) is 24.6. The molecule has 0 unspecified atom stereocenters. The van der Waals surface area contributed by atoms with E-state index in [4.69, 9.17) is 28.9 Å². The van der Waals surface area contributed by atoms with E-state index in [-0.39, 0.29) is 31.0 Å². The van der Waals surface area contributed by atoms with Crippen LogP contribution in [0.15, 0.2) is 80.1 Å². The predicted molar refractivity (Wildman–Crippen MR) is 192 cm³/mol. The largest absolute Gasteiger partial charge is 0.493 e. The van der Waals surface area contributed by atoms with Crippen LogP contribution in [0.1, 0.15) is 49.1 Å². The smallest absolute Gasteiger partial charge is 0.343 e. The lowest BCUT2D eigenvalue weighted by molar-refractivity contribution is -0.143. The molecular weight excluding hydrogens is 742 g/mol. The summed E-state index contributed by atoms with van der Waals surface area (Å²) in [4.78, 5) is 44.4. The highest BCUT2D eigenvalue weighted by Gasteiger charge is 2.34. The topological polar surface area (TPSA) is 148 Å². The van der Waals surface area contributed by atoms with Crippen LogP contribution < -0.4 is 33.8 Å². The summed E-state index contributed by atoms with van der Waals surface area (Å²) in [6.07, 6.45) is 1.72. The minimum atomic E-state index is -0.907. The van der Waals surface area contributed by atoms with Crippen LogP contribution in [0.2, 0.25) is 0 Å². The Morgan fingerprint density at radius 1 is 1.00 bits per heavy atom. The van der Waals surface area contributed by atoms with E-state index in [2.05, 4.69) is 31.7 Å². The third kappa shape index (κ3) is 8.16. The van der Waals surface area contributed by atoms with Crippen molar-refractivity contribution in [2.24, 2.45) is 4.99 Å². The molecule has 0 bridgehead atoms. The average Bonchev–Trinajstić information content (AvgIpc) is 3.43. The van der Waals surface area contributed by atoms with Crippen LogP contribution in [-0.2, 0) is 25.7 Å². The van der Waals surface area contributed by atoms with Crippen LogP contribution in [0.3, 0.4) is 0 Å². The van der Waals surface area contributed by atoms with Gasteiger partial charge in [0, 0.05) is 0 Å². The number of fused-ring (bicyclic) bond motifs is 1. The fourth-order valence-electron chi connectivity index (χ4n) is 5.33. The van der Waals surface area contributed by atoms with Gasteiger partial charge in [0.05, 0.1) is 65.4 Å². The first-order valence-corrected chi connectivity index (χ1v) is 17.4. The van der Waals surface area contributed by atoms with Crippen LogP contribution in [-0.4, -0.2) is 50.5 Å². The van der Waals surface area contributed by atoms with E-state index in [1.54, 1.807) is 63.2 Å². The van der Waals surface area contributed by atoms with Crippen molar-refractivity contribution < 1.29 is 38.0 Å². The molecule has 51 heavy (non-hydrogen) atoms. The molecule has 0 radical (unpaired) electrons. The predicted octanol–water partition coefficient (Wildman–Crippen LogP) is 4.97. The Balaban J connectivity index is 1.57. The molecule has 1 aliphatic heterocycles. The zero-order chi connectivity index (χ0) is 36.7. The lowest BCUT2D eigenvalue weighted by Crippen LogP contribution is -2.40. The molecule has 5 rings (SSSR count). The Hall–Kier alpha value is -5.39. The van der Waals surface area contributed by atoms with Gasteiger partial charge in [-0.05, 0) is 95.9 Å². The first-order valence-electron chi connectivity index (χ1n) is 15.8. The van der Waals surface area contributed by atoms with Gasteiger partial charge in [-0.2, -0.15) is 5.26 Å². The average molecular weight is 777 g/mol. The number of nitriles is 1. The van der Waals surface area contributed by atoms with Gasteiger partial charge in [0.1, 0.15) is 6.61 Å². The number of esters is 2. The molecule has 0 amide bonds. The molecule has 0 spiro atoms. The molecule has 4 aromatic rings. The highest BCUT2D eigenvalue weighted by Crippen LogP contribution is 2.38. The number of aromatic nitrogens is 1. The van der Waals surface area contributed by atoms with Gasteiger partial charge in [-0.15, -0.1) is 0 Å². The van der Waals surface area contributed by atoms with Crippen molar-refractivity contribution >= 4 is 45.3 Å².